The van der Waals surface area contributed by atoms with Crippen LogP contribution in [0.25, 0.3) is 0 Å². The van der Waals surface area contributed by atoms with Crippen molar-refractivity contribution in [1.82, 2.24) is 5.32 Å². The number of esters is 1. The summed E-state index contributed by atoms with van der Waals surface area (Å²) in [7, 11) is 4.51. The van der Waals surface area contributed by atoms with Gasteiger partial charge in [-0.05, 0) is 31.0 Å². The zero-order valence-electron chi connectivity index (χ0n) is 30.1. The molecule has 6 N–H and O–H groups in total. The summed E-state index contributed by atoms with van der Waals surface area (Å²) in [6.07, 6.45) is -5.87. The Morgan fingerprint density at radius 3 is 2.25 bits per heavy atom. The van der Waals surface area contributed by atoms with E-state index in [0.29, 0.717) is 0 Å². The van der Waals surface area contributed by atoms with Crippen LogP contribution < -0.4 is 5.32 Å². The van der Waals surface area contributed by atoms with Gasteiger partial charge in [0.15, 0.2) is 23.2 Å². The summed E-state index contributed by atoms with van der Waals surface area (Å²) in [5, 5.41) is 62.6. The molecule has 0 bridgehead atoms. The first-order chi connectivity index (χ1) is 26.0. The number of aryl methyl sites for hydroxylation is 1. The molecule has 0 amide bonds. The van der Waals surface area contributed by atoms with Crippen LogP contribution in [0.15, 0.2) is 29.1 Å². The molecule has 55 heavy (non-hydrogen) atoms. The monoisotopic (exact) mass is 768 g/mol. The van der Waals surface area contributed by atoms with Crippen molar-refractivity contribution in [3.8, 4) is 11.5 Å². The van der Waals surface area contributed by atoms with Crippen LogP contribution in [-0.2, 0) is 45.3 Å². The number of methoxy groups -OCH3 is 4. The molecule has 19 heteroatoms. The summed E-state index contributed by atoms with van der Waals surface area (Å²) in [6.45, 7) is 2.20. The van der Waals surface area contributed by atoms with E-state index in [2.05, 4.69) is 10.5 Å². The van der Waals surface area contributed by atoms with Gasteiger partial charge in [-0.25, -0.2) is 9.59 Å². The molecule has 2 aromatic rings. The van der Waals surface area contributed by atoms with E-state index >= 15 is 0 Å². The molecule has 0 spiro atoms. The standard InChI is InChI=1S/C36H36N2O17/c1-12-7-14-8-19(40)36(53-6)32(47)23-16(31(46)35(36,49)24(14)28(45)21(12)34(48)52-5)9-15-22(27(23)44)18(39)10-17(26(15)43)37-33-30(51-4)25(38-54-11-20(41)42)29(50-3)13(2)55-33/h7,9-10,13,19,29-30,33,37,40,44-45,49H,8,11H2,1-6H3,(H,41,42)/t13?,19-,29?,30?,33?,35+,36-/m1/s1. The lowest BCUT2D eigenvalue weighted by Crippen LogP contribution is -2.73. The number of ketones is 4. The number of aromatic hydroxyl groups is 2. The van der Waals surface area contributed by atoms with E-state index in [-0.39, 0.29) is 16.8 Å². The number of allylic oxidation sites excluding steroid dienone is 2. The van der Waals surface area contributed by atoms with Gasteiger partial charge in [0, 0.05) is 50.5 Å². The van der Waals surface area contributed by atoms with Crippen LogP contribution >= 0.6 is 0 Å². The van der Waals surface area contributed by atoms with E-state index in [1.165, 1.54) is 27.2 Å². The van der Waals surface area contributed by atoms with Crippen LogP contribution in [0.5, 0.6) is 11.5 Å². The molecule has 0 saturated carbocycles. The lowest BCUT2D eigenvalue weighted by molar-refractivity contribution is -0.181. The molecule has 1 heterocycles. The SMILES string of the molecule is COC(=O)c1c(C)cc2c(c1O)[C@]1(O)C(=O)c3cc4c(c(O)c3C(=O)[C@]1(OC)[C@H](O)C2)C(=O)C=C(NC1OC(C)C(OC)C(=NOCC(=O)O)C1OC)C4=O. The predicted molar refractivity (Wildman–Crippen MR) is 181 cm³/mol. The van der Waals surface area contributed by atoms with Gasteiger partial charge in [-0.1, -0.05) is 11.2 Å². The van der Waals surface area contributed by atoms with E-state index < -0.39 is 141 Å². The maximum atomic E-state index is 14.7. The first kappa shape index (κ1) is 39.1. The molecule has 3 aliphatic carbocycles. The number of nitrogens with zero attached hydrogens (tertiary/aromatic N) is 1. The van der Waals surface area contributed by atoms with Crippen molar-refractivity contribution in [3.63, 3.8) is 0 Å². The number of rotatable bonds is 9. The number of oxime groups is 1. The minimum absolute atomic E-state index is 0.0285. The molecule has 7 atom stereocenters. The first-order valence-corrected chi connectivity index (χ1v) is 16.6. The summed E-state index contributed by atoms with van der Waals surface area (Å²) in [5.41, 5.74) is -10.5. The van der Waals surface area contributed by atoms with Crippen LogP contribution in [0.1, 0.15) is 75.4 Å². The average Bonchev–Trinajstić information content (AvgIpc) is 3.12. The van der Waals surface area contributed by atoms with Gasteiger partial charge in [0.05, 0.1) is 36.1 Å². The second-order valence-electron chi connectivity index (χ2n) is 13.2. The number of ether oxygens (including phenoxy) is 5. The van der Waals surface area contributed by atoms with Crippen LogP contribution in [0, 0.1) is 6.92 Å². The van der Waals surface area contributed by atoms with Gasteiger partial charge in [0.2, 0.25) is 24.0 Å². The van der Waals surface area contributed by atoms with Gasteiger partial charge in [-0.3, -0.25) is 19.2 Å². The fraction of sp³-hybridized carbons (Fsp3) is 0.417. The number of benzene rings is 2. The number of carbonyl (C=O) groups is 6. The van der Waals surface area contributed by atoms with E-state index in [0.717, 1.165) is 26.4 Å². The molecule has 1 aliphatic heterocycles. The second-order valence-corrected chi connectivity index (χ2v) is 13.2. The highest BCUT2D eigenvalue weighted by atomic mass is 16.6. The van der Waals surface area contributed by atoms with Gasteiger partial charge in [-0.2, -0.15) is 0 Å². The molecule has 0 aromatic heterocycles. The number of carboxylic acids is 1. The van der Waals surface area contributed by atoms with Crippen molar-refractivity contribution in [2.75, 3.05) is 35.0 Å². The van der Waals surface area contributed by atoms with Crippen molar-refractivity contribution in [3.05, 3.63) is 68.4 Å². The van der Waals surface area contributed by atoms with Crippen molar-refractivity contribution in [2.45, 2.75) is 62.1 Å². The predicted octanol–water partition coefficient (Wildman–Crippen LogP) is -0.154. The van der Waals surface area contributed by atoms with E-state index in [1.54, 1.807) is 6.92 Å². The number of aliphatic hydroxyl groups is 2. The number of nitrogens with one attached hydrogen (secondary N) is 1. The Balaban J connectivity index is 1.47. The summed E-state index contributed by atoms with van der Waals surface area (Å²) < 4.78 is 27.2. The van der Waals surface area contributed by atoms with Crippen molar-refractivity contribution >= 4 is 40.8 Å². The number of aliphatic hydroxyl groups excluding tert-OH is 1. The third-order valence-electron chi connectivity index (χ3n) is 10.3. The maximum Gasteiger partial charge on any atom is 0.344 e. The fourth-order valence-electron chi connectivity index (χ4n) is 7.97. The molecule has 4 unspecified atom stereocenters. The molecule has 1 saturated heterocycles. The third kappa shape index (κ3) is 5.45. The first-order valence-electron chi connectivity index (χ1n) is 16.6. The second kappa shape index (κ2) is 13.9. The van der Waals surface area contributed by atoms with E-state index in [1.807, 2.05) is 0 Å². The van der Waals surface area contributed by atoms with Crippen molar-refractivity contribution < 1.29 is 82.8 Å². The zero-order valence-corrected chi connectivity index (χ0v) is 30.1. The number of carbonyl (C=O) groups excluding carboxylic acids is 5. The Labute approximate surface area is 311 Å². The summed E-state index contributed by atoms with van der Waals surface area (Å²) in [4.78, 5) is 85.6. The highest BCUT2D eigenvalue weighted by Crippen LogP contribution is 2.56. The maximum absolute atomic E-state index is 14.7. The normalized spacial score (nSPS) is 29.1. The van der Waals surface area contributed by atoms with Gasteiger partial charge in [0.1, 0.15) is 35.0 Å². The van der Waals surface area contributed by atoms with E-state index in [9.17, 15) is 49.2 Å². The highest BCUT2D eigenvalue weighted by Gasteiger charge is 2.72. The van der Waals surface area contributed by atoms with Crippen molar-refractivity contribution in [2.24, 2.45) is 5.16 Å². The van der Waals surface area contributed by atoms with Crippen LogP contribution in [0.3, 0.4) is 0 Å². The Bertz CT molecular complexity index is 2140. The molecule has 292 valence electrons. The van der Waals surface area contributed by atoms with Crippen molar-refractivity contribution in [1.29, 1.82) is 0 Å². The number of carboxylic acid groups (broad SMARTS) is 1. The molecule has 0 radical (unpaired) electrons. The number of phenols is 2. The number of hydrogen-bond acceptors (Lipinski definition) is 18. The van der Waals surface area contributed by atoms with Crippen LogP contribution in [0.2, 0.25) is 0 Å². The molecule has 19 nitrogen and oxygen atoms in total. The Morgan fingerprint density at radius 1 is 0.982 bits per heavy atom. The van der Waals surface area contributed by atoms with Gasteiger partial charge >= 0.3 is 11.9 Å². The lowest BCUT2D eigenvalue weighted by Gasteiger charge is -2.52. The number of fused-ring (bicyclic) bond motifs is 5. The van der Waals surface area contributed by atoms with Crippen LogP contribution in [-0.4, -0.2) is 138 Å². The minimum atomic E-state index is -3.27. The average molecular weight is 769 g/mol. The Kier molecular flexibility index (Phi) is 9.91. The minimum Gasteiger partial charge on any atom is -0.507 e. The Hall–Kier alpha value is -5.57. The fourth-order valence-corrected chi connectivity index (χ4v) is 7.97. The molecule has 4 aliphatic rings. The molecule has 2 aromatic carbocycles. The largest absolute Gasteiger partial charge is 0.507 e. The van der Waals surface area contributed by atoms with E-state index in [4.69, 9.17) is 33.6 Å². The number of hydrogen-bond donors (Lipinski definition) is 6. The molecule has 1 fully saturated rings. The summed E-state index contributed by atoms with van der Waals surface area (Å²) >= 11 is 0. The van der Waals surface area contributed by atoms with Gasteiger partial charge < -0.3 is 59.4 Å². The Morgan fingerprint density at radius 2 is 1.65 bits per heavy atom. The third-order valence-corrected chi connectivity index (χ3v) is 10.3. The van der Waals surface area contributed by atoms with Gasteiger partial charge in [-0.15, -0.1) is 0 Å². The number of aliphatic carboxylic acids is 1. The van der Waals surface area contributed by atoms with Crippen LogP contribution in [0.4, 0.5) is 0 Å². The smallest absolute Gasteiger partial charge is 0.344 e. The zero-order chi connectivity index (χ0) is 40.5. The summed E-state index contributed by atoms with van der Waals surface area (Å²) in [5.74, 6) is -9.24. The number of Topliss-reactive ketones (excluding diaryl/α,β-unsaturated/α-hetero) is 3. The quantitative estimate of drug-likeness (QED) is 0.143. The lowest BCUT2D eigenvalue weighted by atomic mass is 9.56. The molecular formula is C36H36N2O17. The molecular weight excluding hydrogens is 732 g/mol. The highest BCUT2D eigenvalue weighted by molar-refractivity contribution is 6.31. The topological polar surface area (TPSA) is 283 Å². The summed E-state index contributed by atoms with van der Waals surface area (Å²) in [6, 6.07) is 2.13. The van der Waals surface area contributed by atoms with Gasteiger partial charge in [0.25, 0.3) is 0 Å². The molecule has 6 rings (SSSR count). The number of phenolic OH excluding ortho intramolecular Hbond substituents is 2.